The number of halogens is 1. The molecule has 0 amide bonds. The third-order valence-corrected chi connectivity index (χ3v) is 8.45. The number of nitro groups is 6. The van der Waals surface area contributed by atoms with E-state index < -0.39 is 29.5 Å². The van der Waals surface area contributed by atoms with Crippen LogP contribution in [0.2, 0.25) is 5.15 Å². The number of ether oxygens (including phenoxy) is 3. The normalized spacial score (nSPS) is 9.71. The van der Waals surface area contributed by atoms with Gasteiger partial charge in [0, 0.05) is 96.8 Å². The molecule has 0 unspecified atom stereocenters. The SMILES string of the molecule is Nc1ccc(Oc2cc(N)ccn2)cc1.O=[N+]([O-])c1ccc(O)cc1.O=[N+]([O-])c1ccc(Oc2cc([N+](=O)[O-])ccn2)cc1.O=[N+]([O-])c1ccc(Oc2cc([N+](=O)[O-])ccn2)cc1.O=[N+]([O-])c1ccnc(Cl)c1. The van der Waals surface area contributed by atoms with Crippen molar-refractivity contribution in [2.75, 3.05) is 11.5 Å². The van der Waals surface area contributed by atoms with Crippen LogP contribution in [-0.2, 0) is 0 Å². The number of anilines is 2. The maximum Gasteiger partial charge on any atom is 0.276 e. The number of pyridine rings is 4. The third-order valence-electron chi connectivity index (χ3n) is 8.24. The Morgan fingerprint density at radius 2 is 0.671 bits per heavy atom. The first kappa shape index (κ1) is 54.6. The van der Waals surface area contributed by atoms with Gasteiger partial charge in [0.15, 0.2) is 0 Å². The number of hydrogen-bond donors (Lipinski definition) is 3. The van der Waals surface area contributed by atoms with Crippen LogP contribution in [0.1, 0.15) is 0 Å². The van der Waals surface area contributed by atoms with Gasteiger partial charge in [-0.15, -0.1) is 0 Å². The molecule has 0 aliphatic carbocycles. The molecular formula is C44H33ClN12O16. The maximum atomic E-state index is 10.6. The van der Waals surface area contributed by atoms with Gasteiger partial charge < -0.3 is 30.8 Å². The lowest BCUT2D eigenvalue weighted by molar-refractivity contribution is -0.385. The minimum Gasteiger partial charge on any atom is -0.508 e. The van der Waals surface area contributed by atoms with Crippen molar-refractivity contribution in [3.05, 3.63) is 236 Å². The Morgan fingerprint density at radius 3 is 1.00 bits per heavy atom. The van der Waals surface area contributed by atoms with Gasteiger partial charge >= 0.3 is 0 Å². The molecule has 372 valence electrons. The number of nitrogens with zero attached hydrogens (tertiary/aromatic N) is 10. The molecule has 8 rings (SSSR count). The highest BCUT2D eigenvalue weighted by atomic mass is 35.5. The lowest BCUT2D eigenvalue weighted by Crippen LogP contribution is -1.92. The number of hydrogen-bond acceptors (Lipinski definition) is 22. The number of phenolic OH excluding ortho intramolecular Hbond substituents is 1. The molecule has 73 heavy (non-hydrogen) atoms. The molecule has 0 radical (unpaired) electrons. The van der Waals surface area contributed by atoms with E-state index in [9.17, 15) is 60.7 Å². The molecule has 0 saturated heterocycles. The fourth-order valence-electron chi connectivity index (χ4n) is 4.87. The summed E-state index contributed by atoms with van der Waals surface area (Å²) in [6, 6.07) is 33.4. The number of aromatic hydroxyl groups is 1. The van der Waals surface area contributed by atoms with Crippen molar-refractivity contribution in [2.24, 2.45) is 0 Å². The van der Waals surface area contributed by atoms with Crippen LogP contribution < -0.4 is 25.7 Å². The molecule has 4 aromatic carbocycles. The van der Waals surface area contributed by atoms with E-state index >= 15 is 0 Å². The van der Waals surface area contributed by atoms with Gasteiger partial charge in [-0.3, -0.25) is 60.7 Å². The van der Waals surface area contributed by atoms with E-state index in [2.05, 4.69) is 19.9 Å². The van der Waals surface area contributed by atoms with Crippen molar-refractivity contribution in [3.8, 4) is 40.6 Å². The van der Waals surface area contributed by atoms with Crippen LogP contribution in [0, 0.1) is 60.7 Å². The van der Waals surface area contributed by atoms with E-state index in [1.807, 2.05) is 0 Å². The van der Waals surface area contributed by atoms with Crippen molar-refractivity contribution in [1.29, 1.82) is 0 Å². The Labute approximate surface area is 413 Å². The molecule has 0 bridgehead atoms. The van der Waals surface area contributed by atoms with E-state index in [0.29, 0.717) is 34.5 Å². The fourth-order valence-corrected chi connectivity index (χ4v) is 5.04. The van der Waals surface area contributed by atoms with Gasteiger partial charge in [0.05, 0.1) is 47.7 Å². The summed E-state index contributed by atoms with van der Waals surface area (Å²) in [4.78, 5) is 74.2. The second kappa shape index (κ2) is 27.1. The first-order valence-electron chi connectivity index (χ1n) is 19.8. The molecule has 0 atom stereocenters. The van der Waals surface area contributed by atoms with Crippen molar-refractivity contribution in [3.63, 3.8) is 0 Å². The van der Waals surface area contributed by atoms with Gasteiger partial charge in [-0.25, -0.2) is 19.9 Å². The number of benzene rings is 4. The van der Waals surface area contributed by atoms with Crippen molar-refractivity contribution >= 4 is 57.1 Å². The number of nitrogens with two attached hydrogens (primary N) is 2. The van der Waals surface area contributed by atoms with Gasteiger partial charge in [-0.05, 0) is 66.7 Å². The number of aromatic nitrogens is 4. The third kappa shape index (κ3) is 19.2. The number of phenols is 1. The van der Waals surface area contributed by atoms with Gasteiger partial charge in [0.2, 0.25) is 17.6 Å². The average molecular weight is 1020 g/mol. The Morgan fingerprint density at radius 1 is 0.370 bits per heavy atom. The Kier molecular flexibility index (Phi) is 20.3. The van der Waals surface area contributed by atoms with Crippen LogP contribution in [0.5, 0.6) is 40.6 Å². The largest absolute Gasteiger partial charge is 0.508 e. The topological polar surface area (TPSA) is 410 Å². The van der Waals surface area contributed by atoms with Crippen LogP contribution in [0.25, 0.3) is 0 Å². The highest BCUT2D eigenvalue weighted by Crippen LogP contribution is 2.27. The summed E-state index contributed by atoms with van der Waals surface area (Å²) in [5, 5.41) is 71.0. The lowest BCUT2D eigenvalue weighted by atomic mass is 10.3. The molecule has 4 heterocycles. The van der Waals surface area contributed by atoms with Gasteiger partial charge in [-0.1, -0.05) is 11.6 Å². The maximum absolute atomic E-state index is 10.6. The van der Waals surface area contributed by atoms with E-state index in [1.165, 1.54) is 128 Å². The first-order chi connectivity index (χ1) is 34.8. The lowest BCUT2D eigenvalue weighted by Gasteiger charge is -2.04. The standard InChI is InChI=1S/2C11H7N3O5.C11H11N3O.C6H5NO3.C5H3ClN2O2/c2*15-13(16)8-1-3-10(4-2-8)19-11-7-9(14(17)18)5-6-12-11;12-8-1-3-10(4-2-8)15-11-7-9(13)5-6-14-11;8-6-3-1-5(2-4-6)7(9)10;6-5-3-4(8(9)10)1-2-7-5/h2*1-7H;1-7H,12H2,(H2,13,14);1-4,8H;1-3H. The quantitative estimate of drug-likeness (QED) is 0.0443. The molecule has 0 aliphatic rings. The molecule has 5 N–H and O–H groups in total. The van der Waals surface area contributed by atoms with Crippen LogP contribution in [-0.4, -0.2) is 54.6 Å². The zero-order valence-corrected chi connectivity index (χ0v) is 37.5. The number of rotatable bonds is 12. The zero-order chi connectivity index (χ0) is 53.5. The first-order valence-corrected chi connectivity index (χ1v) is 20.1. The van der Waals surface area contributed by atoms with Crippen LogP contribution in [0.4, 0.5) is 45.5 Å². The monoisotopic (exact) mass is 1020 g/mol. The molecule has 0 spiro atoms. The summed E-state index contributed by atoms with van der Waals surface area (Å²) < 4.78 is 16.0. The minimum absolute atomic E-state index is 0.0159. The Bertz CT molecular complexity index is 3060. The van der Waals surface area contributed by atoms with Gasteiger partial charge in [0.1, 0.15) is 28.2 Å². The zero-order valence-electron chi connectivity index (χ0n) is 36.7. The molecule has 4 aromatic heterocycles. The van der Waals surface area contributed by atoms with Gasteiger partial charge in [-0.2, -0.15) is 0 Å². The Balaban J connectivity index is 0.000000203. The summed E-state index contributed by atoms with van der Waals surface area (Å²) in [6.07, 6.45) is 5.39. The predicted octanol–water partition coefficient (Wildman–Crippen LogP) is 10.4. The molecule has 8 aromatic rings. The van der Waals surface area contributed by atoms with Crippen LogP contribution >= 0.6 is 11.6 Å². The van der Waals surface area contributed by atoms with E-state index in [-0.39, 0.29) is 56.8 Å². The highest BCUT2D eigenvalue weighted by molar-refractivity contribution is 6.29. The second-order valence-electron chi connectivity index (χ2n) is 13.4. The molecule has 0 aliphatic heterocycles. The minimum atomic E-state index is -0.565. The van der Waals surface area contributed by atoms with E-state index in [0.717, 1.165) is 0 Å². The smallest absolute Gasteiger partial charge is 0.276 e. The Hall–Kier alpha value is -11.0. The summed E-state index contributed by atoms with van der Waals surface area (Å²) in [6.45, 7) is 0. The van der Waals surface area contributed by atoms with Gasteiger partial charge in [0.25, 0.3) is 34.1 Å². The molecular weight excluding hydrogens is 988 g/mol. The summed E-state index contributed by atoms with van der Waals surface area (Å²) >= 11 is 5.37. The molecule has 28 nitrogen and oxygen atoms in total. The van der Waals surface area contributed by atoms with Crippen LogP contribution in [0.3, 0.4) is 0 Å². The van der Waals surface area contributed by atoms with Crippen molar-refractivity contribution in [1.82, 2.24) is 19.9 Å². The molecule has 0 fully saturated rings. The average Bonchev–Trinajstić information content (AvgIpc) is 3.36. The van der Waals surface area contributed by atoms with E-state index in [1.54, 1.807) is 42.6 Å². The molecule has 0 saturated carbocycles. The number of nitrogen functional groups attached to an aromatic ring is 2. The number of non-ortho nitro benzene ring substituents is 3. The highest BCUT2D eigenvalue weighted by Gasteiger charge is 2.12. The number of nitro benzene ring substituents is 3. The summed E-state index contributed by atoms with van der Waals surface area (Å²) in [7, 11) is 0. The summed E-state index contributed by atoms with van der Waals surface area (Å²) in [5.41, 5.74) is 12.0. The summed E-state index contributed by atoms with van der Waals surface area (Å²) in [5.74, 6) is 1.89. The van der Waals surface area contributed by atoms with Crippen molar-refractivity contribution < 1.29 is 48.9 Å². The van der Waals surface area contributed by atoms with E-state index in [4.69, 9.17) is 42.4 Å². The predicted molar refractivity (Wildman–Crippen MR) is 258 cm³/mol. The molecule has 29 heteroatoms. The fraction of sp³-hybridized carbons (Fsp3) is 0. The second-order valence-corrected chi connectivity index (χ2v) is 13.8. The van der Waals surface area contributed by atoms with Crippen molar-refractivity contribution in [2.45, 2.75) is 0 Å². The van der Waals surface area contributed by atoms with Crippen LogP contribution in [0.15, 0.2) is 170 Å².